The maximum absolute atomic E-state index is 14.3. The highest BCUT2D eigenvalue weighted by molar-refractivity contribution is 7.16. The van der Waals surface area contributed by atoms with Crippen molar-refractivity contribution in [2.75, 3.05) is 5.32 Å². The lowest BCUT2D eigenvalue weighted by molar-refractivity contribution is 0.774. The van der Waals surface area contributed by atoms with Crippen LogP contribution in [0.1, 0.15) is 29.9 Å². The van der Waals surface area contributed by atoms with Crippen LogP contribution in [0.2, 0.25) is 0 Å². The van der Waals surface area contributed by atoms with Gasteiger partial charge in [-0.1, -0.05) is 36.4 Å². The van der Waals surface area contributed by atoms with E-state index in [1.54, 1.807) is 10.1 Å². The molecule has 0 aliphatic carbocycles. The quantitative estimate of drug-likeness (QED) is 0.299. The minimum absolute atomic E-state index is 0.0809. The summed E-state index contributed by atoms with van der Waals surface area (Å²) in [4.78, 5) is 32.8. The number of nitrogens with one attached hydrogen (secondary N) is 1. The Morgan fingerprint density at radius 1 is 0.946 bits per heavy atom. The van der Waals surface area contributed by atoms with E-state index in [-0.39, 0.29) is 11.6 Å². The maximum Gasteiger partial charge on any atom is 0.263 e. The van der Waals surface area contributed by atoms with Crippen LogP contribution >= 0.6 is 11.3 Å². The van der Waals surface area contributed by atoms with E-state index >= 15 is 0 Å². The molecule has 0 amide bonds. The lowest BCUT2D eigenvalue weighted by Gasteiger charge is -2.22. The number of aromatic nitrogens is 5. The molecule has 1 atom stereocenters. The van der Waals surface area contributed by atoms with Crippen molar-refractivity contribution < 1.29 is 0 Å². The summed E-state index contributed by atoms with van der Waals surface area (Å²) in [5.41, 5.74) is 7.88. The number of thiazole rings is 1. The van der Waals surface area contributed by atoms with E-state index in [1.165, 1.54) is 17.7 Å². The van der Waals surface area contributed by atoms with Crippen molar-refractivity contribution in [1.82, 2.24) is 24.5 Å². The second-order valence-corrected chi connectivity index (χ2v) is 9.87. The summed E-state index contributed by atoms with van der Waals surface area (Å²) in [5.74, 6) is 0.640. The number of fused-ring (bicyclic) bond motifs is 2. The van der Waals surface area contributed by atoms with Crippen LogP contribution in [-0.4, -0.2) is 24.5 Å². The molecule has 0 aliphatic heterocycles. The SMILES string of the molecule is Cc1cc(-c2cccc3cc(C(C)Nc4ncnc5scnc45)n(-c4ccccc4)c(=O)c23)cnc1C. The van der Waals surface area contributed by atoms with E-state index in [2.05, 4.69) is 37.4 Å². The van der Waals surface area contributed by atoms with Crippen molar-refractivity contribution in [3.8, 4) is 16.8 Å². The Labute approximate surface area is 217 Å². The lowest BCUT2D eigenvalue weighted by atomic mass is 9.97. The number of benzene rings is 2. The first-order chi connectivity index (χ1) is 18.0. The summed E-state index contributed by atoms with van der Waals surface area (Å²) < 4.78 is 1.79. The number of pyridine rings is 2. The zero-order valence-electron chi connectivity index (χ0n) is 20.6. The molecule has 1 unspecified atom stereocenters. The number of hydrogen-bond acceptors (Lipinski definition) is 7. The Bertz CT molecular complexity index is 1830. The zero-order chi connectivity index (χ0) is 25.5. The molecule has 6 rings (SSSR count). The molecule has 0 saturated heterocycles. The monoisotopic (exact) mass is 504 g/mol. The number of aryl methyl sites for hydroxylation is 2. The molecular formula is C29H24N6OS. The average molecular weight is 505 g/mol. The van der Waals surface area contributed by atoms with Gasteiger partial charge >= 0.3 is 0 Å². The molecule has 0 radical (unpaired) electrons. The number of anilines is 1. The van der Waals surface area contributed by atoms with Crippen molar-refractivity contribution in [2.24, 2.45) is 0 Å². The van der Waals surface area contributed by atoms with Crippen LogP contribution in [0.3, 0.4) is 0 Å². The van der Waals surface area contributed by atoms with Crippen LogP contribution in [0.25, 0.3) is 37.9 Å². The van der Waals surface area contributed by atoms with Crippen molar-refractivity contribution >= 4 is 38.3 Å². The van der Waals surface area contributed by atoms with Gasteiger partial charge < -0.3 is 5.32 Å². The van der Waals surface area contributed by atoms with E-state index in [4.69, 9.17) is 0 Å². The first kappa shape index (κ1) is 23.0. The summed E-state index contributed by atoms with van der Waals surface area (Å²) in [5, 5.41) is 5.01. The van der Waals surface area contributed by atoms with Crippen LogP contribution in [-0.2, 0) is 0 Å². The normalized spacial score (nSPS) is 12.2. The summed E-state index contributed by atoms with van der Waals surface area (Å²) in [7, 11) is 0. The molecule has 0 aliphatic rings. The van der Waals surface area contributed by atoms with Crippen LogP contribution < -0.4 is 10.9 Å². The molecule has 37 heavy (non-hydrogen) atoms. The molecule has 1 N–H and O–H groups in total. The van der Waals surface area contributed by atoms with E-state index < -0.39 is 0 Å². The fourth-order valence-corrected chi connectivity index (χ4v) is 5.28. The molecule has 4 aromatic heterocycles. The molecule has 182 valence electrons. The van der Waals surface area contributed by atoms with Crippen molar-refractivity contribution in [2.45, 2.75) is 26.8 Å². The molecule has 2 aromatic carbocycles. The van der Waals surface area contributed by atoms with Crippen LogP contribution in [0, 0.1) is 13.8 Å². The molecular weight excluding hydrogens is 480 g/mol. The molecule has 7 nitrogen and oxygen atoms in total. The topological polar surface area (TPSA) is 85.6 Å². The Morgan fingerprint density at radius 2 is 1.78 bits per heavy atom. The second kappa shape index (κ2) is 9.22. The summed E-state index contributed by atoms with van der Waals surface area (Å²) >= 11 is 1.47. The third-order valence-corrected chi connectivity index (χ3v) is 7.41. The smallest absolute Gasteiger partial charge is 0.263 e. The first-order valence-electron chi connectivity index (χ1n) is 12.0. The number of nitrogens with zero attached hydrogens (tertiary/aromatic N) is 5. The number of rotatable bonds is 5. The van der Waals surface area contributed by atoms with Gasteiger partial charge in [-0.3, -0.25) is 14.3 Å². The predicted molar refractivity (Wildman–Crippen MR) is 149 cm³/mol. The Hall–Kier alpha value is -4.43. The van der Waals surface area contributed by atoms with Crippen molar-refractivity contribution in [3.63, 3.8) is 0 Å². The van der Waals surface area contributed by atoms with E-state index in [1.807, 2.05) is 75.5 Å². The summed E-state index contributed by atoms with van der Waals surface area (Å²) in [6.45, 7) is 6.05. The molecule has 0 bridgehead atoms. The van der Waals surface area contributed by atoms with Gasteiger partial charge in [-0.15, -0.1) is 11.3 Å². The Morgan fingerprint density at radius 3 is 2.59 bits per heavy atom. The van der Waals surface area contributed by atoms with Gasteiger partial charge in [-0.2, -0.15) is 0 Å². The summed E-state index contributed by atoms with van der Waals surface area (Å²) in [6.07, 6.45) is 3.37. The second-order valence-electron chi connectivity index (χ2n) is 9.04. The lowest BCUT2D eigenvalue weighted by Crippen LogP contribution is -2.26. The highest BCUT2D eigenvalue weighted by Crippen LogP contribution is 2.31. The van der Waals surface area contributed by atoms with Gasteiger partial charge in [-0.25, -0.2) is 15.0 Å². The minimum atomic E-state index is -0.246. The van der Waals surface area contributed by atoms with Gasteiger partial charge in [0.15, 0.2) is 5.82 Å². The average Bonchev–Trinajstić information content (AvgIpc) is 3.40. The molecule has 6 aromatic rings. The third kappa shape index (κ3) is 4.05. The predicted octanol–water partition coefficient (Wildman–Crippen LogP) is 6.24. The molecule has 0 fully saturated rings. The van der Waals surface area contributed by atoms with Gasteiger partial charge in [0.25, 0.3) is 5.56 Å². The fraction of sp³-hybridized carbons (Fsp3) is 0.138. The minimum Gasteiger partial charge on any atom is -0.360 e. The van der Waals surface area contributed by atoms with E-state index in [9.17, 15) is 4.79 Å². The van der Waals surface area contributed by atoms with E-state index in [0.717, 1.165) is 49.5 Å². The molecule has 8 heteroatoms. The highest BCUT2D eigenvalue weighted by atomic mass is 32.1. The van der Waals surface area contributed by atoms with Gasteiger partial charge in [0.2, 0.25) is 0 Å². The van der Waals surface area contributed by atoms with Gasteiger partial charge in [-0.05, 0) is 61.5 Å². The fourth-order valence-electron chi connectivity index (χ4n) is 4.65. The first-order valence-corrected chi connectivity index (χ1v) is 12.9. The molecule has 0 saturated carbocycles. The summed E-state index contributed by atoms with van der Waals surface area (Å²) in [6, 6.07) is 19.6. The Kier molecular flexibility index (Phi) is 5.73. The maximum atomic E-state index is 14.3. The van der Waals surface area contributed by atoms with Gasteiger partial charge in [0.05, 0.1) is 16.9 Å². The molecule has 4 heterocycles. The van der Waals surface area contributed by atoms with Gasteiger partial charge in [0, 0.05) is 28.8 Å². The highest BCUT2D eigenvalue weighted by Gasteiger charge is 2.20. The zero-order valence-corrected chi connectivity index (χ0v) is 21.5. The van der Waals surface area contributed by atoms with E-state index in [0.29, 0.717) is 11.2 Å². The standard InChI is InChI=1S/C29H24N6OS/c1-17-12-21(14-30-18(17)2)23-11-7-8-20-13-24(35(29(36)25(20)23)22-9-5-4-6-10-22)19(3)34-27-26-28(32-15-31-27)37-16-33-26/h4-16,19H,1-3H3,(H,31,32,34). The molecule has 0 spiro atoms. The van der Waals surface area contributed by atoms with Gasteiger partial charge in [0.1, 0.15) is 16.7 Å². The van der Waals surface area contributed by atoms with Crippen molar-refractivity contribution in [1.29, 1.82) is 0 Å². The van der Waals surface area contributed by atoms with Crippen LogP contribution in [0.5, 0.6) is 0 Å². The Balaban J connectivity index is 1.57. The number of para-hydroxylation sites is 1. The van der Waals surface area contributed by atoms with Crippen LogP contribution in [0.15, 0.2) is 83.5 Å². The van der Waals surface area contributed by atoms with Crippen LogP contribution in [0.4, 0.5) is 5.82 Å². The largest absolute Gasteiger partial charge is 0.360 e. The van der Waals surface area contributed by atoms with Crippen molar-refractivity contribution in [3.05, 3.63) is 106 Å². The number of hydrogen-bond donors (Lipinski definition) is 1. The third-order valence-electron chi connectivity index (χ3n) is 6.67.